The number of amides is 1. The van der Waals surface area contributed by atoms with Crippen molar-refractivity contribution < 1.29 is 4.79 Å². The van der Waals surface area contributed by atoms with Gasteiger partial charge in [-0.3, -0.25) is 4.79 Å². The van der Waals surface area contributed by atoms with E-state index in [1.165, 1.54) is 12.8 Å². The SMILES string of the molecule is Cc1ccc(-c2ncccn2)c(C(=O)N2CC3(CC3)CC2CNc2ccc(Cl)cn2)c1. The van der Waals surface area contributed by atoms with Crippen molar-refractivity contribution in [3.05, 3.63) is 71.1 Å². The zero-order valence-electron chi connectivity index (χ0n) is 17.4. The summed E-state index contributed by atoms with van der Waals surface area (Å²) in [7, 11) is 0. The van der Waals surface area contributed by atoms with Crippen LogP contribution in [0.4, 0.5) is 5.82 Å². The molecular formula is C24H24ClN5O. The number of halogens is 1. The van der Waals surface area contributed by atoms with E-state index in [9.17, 15) is 4.79 Å². The fourth-order valence-electron chi connectivity index (χ4n) is 4.45. The first-order valence-corrected chi connectivity index (χ1v) is 11.0. The molecule has 3 heterocycles. The normalized spacial score (nSPS) is 18.9. The number of hydrogen-bond acceptors (Lipinski definition) is 5. The summed E-state index contributed by atoms with van der Waals surface area (Å²) in [6.07, 6.45) is 8.43. The van der Waals surface area contributed by atoms with E-state index in [4.69, 9.17) is 11.6 Å². The van der Waals surface area contributed by atoms with E-state index in [1.54, 1.807) is 24.7 Å². The van der Waals surface area contributed by atoms with E-state index in [0.717, 1.165) is 29.9 Å². The van der Waals surface area contributed by atoms with Crippen LogP contribution in [0.5, 0.6) is 0 Å². The average molecular weight is 434 g/mol. The molecule has 1 N–H and O–H groups in total. The number of carbonyl (C=O) groups excluding carboxylic acids is 1. The van der Waals surface area contributed by atoms with E-state index >= 15 is 0 Å². The summed E-state index contributed by atoms with van der Waals surface area (Å²) >= 11 is 5.94. The molecule has 1 unspecified atom stereocenters. The molecule has 1 atom stereocenters. The summed E-state index contributed by atoms with van der Waals surface area (Å²) in [5, 5.41) is 3.99. The average Bonchev–Trinajstić information content (AvgIpc) is 3.45. The molecule has 0 bridgehead atoms. The predicted octanol–water partition coefficient (Wildman–Crippen LogP) is 4.61. The molecular weight excluding hydrogens is 410 g/mol. The highest BCUT2D eigenvalue weighted by atomic mass is 35.5. The number of aryl methyl sites for hydroxylation is 1. The Hall–Kier alpha value is -2.99. The predicted molar refractivity (Wildman–Crippen MR) is 121 cm³/mol. The second kappa shape index (κ2) is 7.93. The van der Waals surface area contributed by atoms with Crippen molar-refractivity contribution in [3.8, 4) is 11.4 Å². The van der Waals surface area contributed by atoms with Gasteiger partial charge in [-0.25, -0.2) is 15.0 Å². The van der Waals surface area contributed by atoms with E-state index in [2.05, 4.69) is 20.3 Å². The Kier molecular flexibility index (Phi) is 5.10. The maximum absolute atomic E-state index is 13.8. The molecule has 1 amide bonds. The standard InChI is InChI=1S/C24H24ClN5O/c1-16-3-5-19(22-26-9-2-10-27-22)20(11-16)23(31)30-15-24(7-8-24)12-18(30)14-29-21-6-4-17(25)13-28-21/h2-6,9-11,13,18H,7-8,12,14-15H2,1H3,(H,28,29). The highest BCUT2D eigenvalue weighted by Gasteiger charge is 2.53. The van der Waals surface area contributed by atoms with Crippen LogP contribution < -0.4 is 5.32 Å². The second-order valence-corrected chi connectivity index (χ2v) is 9.09. The maximum Gasteiger partial charge on any atom is 0.254 e. The zero-order chi connectivity index (χ0) is 21.4. The minimum absolute atomic E-state index is 0.0470. The molecule has 158 valence electrons. The van der Waals surface area contributed by atoms with Crippen LogP contribution in [-0.4, -0.2) is 44.9 Å². The minimum Gasteiger partial charge on any atom is -0.368 e. The number of rotatable bonds is 5. The summed E-state index contributed by atoms with van der Waals surface area (Å²) < 4.78 is 0. The lowest BCUT2D eigenvalue weighted by atomic mass is 10.0. The number of benzene rings is 1. The highest BCUT2D eigenvalue weighted by Crippen LogP contribution is 2.55. The Morgan fingerprint density at radius 3 is 2.71 bits per heavy atom. The fourth-order valence-corrected chi connectivity index (χ4v) is 4.56. The molecule has 1 saturated heterocycles. The van der Waals surface area contributed by atoms with Crippen LogP contribution in [0.1, 0.15) is 35.2 Å². The van der Waals surface area contributed by atoms with Crippen molar-refractivity contribution in [1.29, 1.82) is 0 Å². The van der Waals surface area contributed by atoms with Gasteiger partial charge < -0.3 is 10.2 Å². The molecule has 2 fully saturated rings. The summed E-state index contributed by atoms with van der Waals surface area (Å²) in [5.74, 6) is 1.39. The van der Waals surface area contributed by atoms with Crippen LogP contribution in [0.25, 0.3) is 11.4 Å². The number of nitrogens with one attached hydrogen (secondary N) is 1. The Morgan fingerprint density at radius 1 is 1.19 bits per heavy atom. The van der Waals surface area contributed by atoms with Crippen LogP contribution in [-0.2, 0) is 0 Å². The fraction of sp³-hybridized carbons (Fsp3) is 0.333. The van der Waals surface area contributed by atoms with Crippen LogP contribution in [0, 0.1) is 12.3 Å². The van der Waals surface area contributed by atoms with Crippen molar-refractivity contribution >= 4 is 23.3 Å². The molecule has 1 saturated carbocycles. The zero-order valence-corrected chi connectivity index (χ0v) is 18.1. The van der Waals surface area contributed by atoms with Gasteiger partial charge in [-0.15, -0.1) is 0 Å². The lowest BCUT2D eigenvalue weighted by Crippen LogP contribution is -2.40. The Balaban J connectivity index is 1.42. The van der Waals surface area contributed by atoms with Crippen molar-refractivity contribution in [1.82, 2.24) is 19.9 Å². The van der Waals surface area contributed by atoms with Crippen molar-refractivity contribution in [2.45, 2.75) is 32.2 Å². The van der Waals surface area contributed by atoms with Crippen LogP contribution in [0.15, 0.2) is 55.0 Å². The quantitative estimate of drug-likeness (QED) is 0.636. The molecule has 0 radical (unpaired) electrons. The van der Waals surface area contributed by atoms with Gasteiger partial charge in [0.2, 0.25) is 0 Å². The topological polar surface area (TPSA) is 71.0 Å². The summed E-state index contributed by atoms with van der Waals surface area (Å²) in [6.45, 7) is 3.46. The van der Waals surface area contributed by atoms with E-state index in [0.29, 0.717) is 23.0 Å². The van der Waals surface area contributed by atoms with Gasteiger partial charge in [0.1, 0.15) is 5.82 Å². The van der Waals surface area contributed by atoms with Gasteiger partial charge in [-0.05, 0) is 55.9 Å². The molecule has 1 aromatic carbocycles. The van der Waals surface area contributed by atoms with Crippen LogP contribution in [0.2, 0.25) is 5.02 Å². The van der Waals surface area contributed by atoms with Crippen LogP contribution in [0.3, 0.4) is 0 Å². The van der Waals surface area contributed by atoms with Gasteiger partial charge in [-0.1, -0.05) is 29.3 Å². The Labute approximate surface area is 186 Å². The van der Waals surface area contributed by atoms with Gasteiger partial charge in [-0.2, -0.15) is 0 Å². The summed E-state index contributed by atoms with van der Waals surface area (Å²) in [6, 6.07) is 11.5. The smallest absolute Gasteiger partial charge is 0.254 e. The Morgan fingerprint density at radius 2 is 2.00 bits per heavy atom. The molecule has 1 aliphatic carbocycles. The Bertz CT molecular complexity index is 1100. The van der Waals surface area contributed by atoms with Gasteiger partial charge in [0.15, 0.2) is 5.82 Å². The second-order valence-electron chi connectivity index (χ2n) is 8.65. The highest BCUT2D eigenvalue weighted by molar-refractivity contribution is 6.30. The molecule has 5 rings (SSSR count). The lowest BCUT2D eigenvalue weighted by molar-refractivity contribution is 0.0738. The van der Waals surface area contributed by atoms with Gasteiger partial charge >= 0.3 is 0 Å². The maximum atomic E-state index is 13.8. The number of hydrogen-bond donors (Lipinski definition) is 1. The first-order chi connectivity index (χ1) is 15.0. The molecule has 7 heteroatoms. The summed E-state index contributed by atoms with van der Waals surface area (Å²) in [4.78, 5) is 28.9. The number of pyridine rings is 1. The molecule has 2 aliphatic rings. The third-order valence-corrected chi connectivity index (χ3v) is 6.52. The molecule has 1 aliphatic heterocycles. The molecule has 6 nitrogen and oxygen atoms in total. The van der Waals surface area contributed by atoms with E-state index in [1.807, 2.05) is 42.2 Å². The molecule has 31 heavy (non-hydrogen) atoms. The lowest BCUT2D eigenvalue weighted by Gasteiger charge is -2.26. The number of carbonyl (C=O) groups is 1. The first-order valence-electron chi connectivity index (χ1n) is 10.6. The third kappa shape index (κ3) is 4.12. The first kappa shape index (κ1) is 19.9. The monoisotopic (exact) mass is 433 g/mol. The number of nitrogens with zero attached hydrogens (tertiary/aromatic N) is 4. The molecule has 1 spiro atoms. The van der Waals surface area contributed by atoms with E-state index in [-0.39, 0.29) is 17.4 Å². The van der Waals surface area contributed by atoms with Gasteiger partial charge in [0.25, 0.3) is 5.91 Å². The largest absolute Gasteiger partial charge is 0.368 e. The van der Waals surface area contributed by atoms with Crippen molar-refractivity contribution in [2.24, 2.45) is 5.41 Å². The molecule has 2 aromatic heterocycles. The number of aromatic nitrogens is 3. The van der Waals surface area contributed by atoms with Gasteiger partial charge in [0, 0.05) is 43.3 Å². The van der Waals surface area contributed by atoms with Crippen molar-refractivity contribution in [2.75, 3.05) is 18.4 Å². The van der Waals surface area contributed by atoms with Gasteiger partial charge in [0.05, 0.1) is 10.6 Å². The van der Waals surface area contributed by atoms with Crippen molar-refractivity contribution in [3.63, 3.8) is 0 Å². The number of anilines is 1. The summed E-state index contributed by atoms with van der Waals surface area (Å²) in [5.41, 5.74) is 2.77. The van der Waals surface area contributed by atoms with Crippen LogP contribution >= 0.6 is 11.6 Å². The third-order valence-electron chi connectivity index (χ3n) is 6.29. The minimum atomic E-state index is 0.0470. The van der Waals surface area contributed by atoms with E-state index < -0.39 is 0 Å². The molecule has 3 aromatic rings. The number of likely N-dealkylation sites (tertiary alicyclic amines) is 1.